The number of primary amides is 1. The second kappa shape index (κ2) is 11.9. The van der Waals surface area contributed by atoms with Crippen LogP contribution in [-0.2, 0) is 24.1 Å². The number of imide groups is 1. The van der Waals surface area contributed by atoms with Gasteiger partial charge in [0.15, 0.2) is 0 Å². The molecule has 0 saturated carbocycles. The van der Waals surface area contributed by atoms with E-state index in [0.29, 0.717) is 16.5 Å². The molecule has 0 radical (unpaired) electrons. The maximum absolute atomic E-state index is 9.48. The van der Waals surface area contributed by atoms with E-state index in [2.05, 4.69) is 15.7 Å². The quantitative estimate of drug-likeness (QED) is 0.473. The van der Waals surface area contributed by atoms with Crippen LogP contribution < -0.4 is 11.1 Å². The van der Waals surface area contributed by atoms with Crippen LogP contribution in [-0.4, -0.2) is 34.1 Å². The van der Waals surface area contributed by atoms with Gasteiger partial charge in [0.25, 0.3) is 0 Å². The van der Waals surface area contributed by atoms with E-state index in [-0.39, 0.29) is 13.0 Å². The van der Waals surface area contributed by atoms with Crippen molar-refractivity contribution in [3.05, 3.63) is 69.9 Å². The van der Waals surface area contributed by atoms with E-state index < -0.39 is 6.03 Å². The van der Waals surface area contributed by atoms with Crippen molar-refractivity contribution in [3.8, 4) is 11.3 Å². The van der Waals surface area contributed by atoms with Crippen LogP contribution in [0.25, 0.3) is 11.3 Å². The second-order valence-electron chi connectivity index (χ2n) is 5.99. The number of nitrogens with two attached hydrogens (primary N) is 1. The SMILES string of the molecule is NC(=O)NC=O.OCCc1cnc(CCc2ccc(-c3ccc(Cl)c(Cl)c3)o2)cn1. The van der Waals surface area contributed by atoms with E-state index in [1.807, 2.05) is 18.2 Å². The Morgan fingerprint density at radius 3 is 2.30 bits per heavy atom. The Kier molecular flexibility index (Phi) is 9.27. The number of hydrogen-bond acceptors (Lipinski definition) is 6. The van der Waals surface area contributed by atoms with Gasteiger partial charge in [-0.15, -0.1) is 0 Å². The summed E-state index contributed by atoms with van der Waals surface area (Å²) >= 11 is 12.0. The first-order valence-corrected chi connectivity index (χ1v) is 9.63. The maximum Gasteiger partial charge on any atom is 0.318 e. The summed E-state index contributed by atoms with van der Waals surface area (Å²) < 4.78 is 5.87. The van der Waals surface area contributed by atoms with E-state index in [1.165, 1.54) is 0 Å². The lowest BCUT2D eigenvalue weighted by Crippen LogP contribution is -2.27. The van der Waals surface area contributed by atoms with Gasteiger partial charge in [0.1, 0.15) is 11.5 Å². The molecule has 158 valence electrons. The summed E-state index contributed by atoms with van der Waals surface area (Å²) in [6.45, 7) is 0.0813. The van der Waals surface area contributed by atoms with Crippen molar-refractivity contribution in [2.24, 2.45) is 5.73 Å². The van der Waals surface area contributed by atoms with E-state index >= 15 is 0 Å². The lowest BCUT2D eigenvalue weighted by molar-refractivity contribution is -0.108. The summed E-state index contributed by atoms with van der Waals surface area (Å²) in [6.07, 6.45) is 5.67. The molecule has 2 aromatic heterocycles. The molecule has 30 heavy (non-hydrogen) atoms. The molecular formula is C20H20Cl2N4O4. The minimum Gasteiger partial charge on any atom is -0.461 e. The van der Waals surface area contributed by atoms with Crippen molar-refractivity contribution >= 4 is 35.6 Å². The number of nitrogens with zero attached hydrogens (tertiary/aromatic N) is 2. The third-order valence-electron chi connectivity index (χ3n) is 3.82. The second-order valence-corrected chi connectivity index (χ2v) is 6.81. The molecule has 0 aliphatic rings. The van der Waals surface area contributed by atoms with Crippen LogP contribution in [0, 0.1) is 0 Å². The molecular weight excluding hydrogens is 431 g/mol. The molecule has 4 N–H and O–H groups in total. The van der Waals surface area contributed by atoms with E-state index in [9.17, 15) is 9.59 Å². The van der Waals surface area contributed by atoms with Gasteiger partial charge in [0, 0.05) is 37.4 Å². The fourth-order valence-corrected chi connectivity index (χ4v) is 2.68. The highest BCUT2D eigenvalue weighted by atomic mass is 35.5. The number of aryl methyl sites for hydroxylation is 2. The van der Waals surface area contributed by atoms with Crippen molar-refractivity contribution in [1.82, 2.24) is 15.3 Å². The van der Waals surface area contributed by atoms with Gasteiger partial charge in [-0.2, -0.15) is 0 Å². The number of aromatic nitrogens is 2. The van der Waals surface area contributed by atoms with Gasteiger partial charge in [0.2, 0.25) is 6.41 Å². The monoisotopic (exact) mass is 450 g/mol. The van der Waals surface area contributed by atoms with Crippen molar-refractivity contribution in [1.29, 1.82) is 0 Å². The molecule has 0 aliphatic carbocycles. The van der Waals surface area contributed by atoms with Crippen molar-refractivity contribution in [2.75, 3.05) is 6.61 Å². The van der Waals surface area contributed by atoms with E-state index in [0.717, 1.165) is 41.3 Å². The number of rotatable bonds is 7. The molecule has 0 spiro atoms. The molecule has 1 aromatic carbocycles. The predicted octanol–water partition coefficient (Wildman–Crippen LogP) is 3.17. The number of furan rings is 1. The molecule has 0 bridgehead atoms. The van der Waals surface area contributed by atoms with Crippen LogP contribution in [0.15, 0.2) is 47.1 Å². The first-order chi connectivity index (χ1) is 14.4. The number of hydrogen-bond donors (Lipinski definition) is 3. The highest BCUT2D eigenvalue weighted by Crippen LogP contribution is 2.29. The number of halogens is 2. The van der Waals surface area contributed by atoms with Crippen LogP contribution in [0.5, 0.6) is 0 Å². The summed E-state index contributed by atoms with van der Waals surface area (Å²) in [6, 6.07) is 8.46. The Morgan fingerprint density at radius 1 is 1.07 bits per heavy atom. The highest BCUT2D eigenvalue weighted by Gasteiger charge is 2.08. The van der Waals surface area contributed by atoms with Gasteiger partial charge >= 0.3 is 6.03 Å². The Labute approximate surface area is 183 Å². The molecule has 3 amide bonds. The van der Waals surface area contributed by atoms with Crippen LogP contribution in [0.1, 0.15) is 17.1 Å². The number of benzene rings is 1. The number of urea groups is 1. The van der Waals surface area contributed by atoms with Crippen molar-refractivity contribution in [2.45, 2.75) is 19.3 Å². The van der Waals surface area contributed by atoms with Crippen LogP contribution in [0.2, 0.25) is 10.0 Å². The lowest BCUT2D eigenvalue weighted by Gasteiger charge is -2.02. The minimum atomic E-state index is -0.829. The van der Waals surface area contributed by atoms with Gasteiger partial charge in [-0.05, 0) is 36.8 Å². The fraction of sp³-hybridized carbons (Fsp3) is 0.200. The highest BCUT2D eigenvalue weighted by molar-refractivity contribution is 6.42. The molecule has 0 saturated heterocycles. The molecule has 8 nitrogen and oxygen atoms in total. The number of aliphatic hydroxyl groups excluding tert-OH is 1. The summed E-state index contributed by atoms with van der Waals surface area (Å²) in [4.78, 5) is 27.3. The number of amides is 3. The molecule has 0 atom stereocenters. The van der Waals surface area contributed by atoms with Crippen LogP contribution in [0.3, 0.4) is 0 Å². The standard InChI is InChI=1S/C18H16Cl2N2O2.C2H4N2O2/c19-16-5-1-12(9-17(16)20)18-6-4-15(24-18)3-2-13-10-22-14(7-8-23)11-21-13;3-2(6)4-1-5/h1,4-6,9-11,23H,2-3,7-8H2;1H,(H3,3,4,5,6). The zero-order valence-electron chi connectivity index (χ0n) is 15.8. The van der Waals surface area contributed by atoms with E-state index in [4.69, 9.17) is 32.7 Å². The normalized spacial score (nSPS) is 10.1. The Hall–Kier alpha value is -2.94. The predicted molar refractivity (Wildman–Crippen MR) is 113 cm³/mol. The Morgan fingerprint density at radius 2 is 1.77 bits per heavy atom. The fourth-order valence-electron chi connectivity index (χ4n) is 2.38. The lowest BCUT2D eigenvalue weighted by atomic mass is 10.2. The zero-order chi connectivity index (χ0) is 21.9. The molecule has 0 unspecified atom stereocenters. The molecule has 0 aliphatic heterocycles. The number of carbonyl (C=O) groups excluding carboxylic acids is 2. The molecule has 0 fully saturated rings. The molecule has 3 aromatic rings. The van der Waals surface area contributed by atoms with Gasteiger partial charge in [-0.1, -0.05) is 23.2 Å². The third kappa shape index (κ3) is 7.47. The minimum absolute atomic E-state index is 0.0813. The number of carbonyl (C=O) groups is 2. The first-order valence-electron chi connectivity index (χ1n) is 8.87. The Bertz CT molecular complexity index is 977. The van der Waals surface area contributed by atoms with Crippen molar-refractivity contribution < 1.29 is 19.1 Å². The molecule has 10 heteroatoms. The molecule has 2 heterocycles. The topological polar surface area (TPSA) is 131 Å². The van der Waals surface area contributed by atoms with Gasteiger partial charge in [-0.25, -0.2) is 4.79 Å². The zero-order valence-corrected chi connectivity index (χ0v) is 17.4. The van der Waals surface area contributed by atoms with Gasteiger partial charge in [-0.3, -0.25) is 20.1 Å². The number of nitrogens with one attached hydrogen (secondary N) is 1. The third-order valence-corrected chi connectivity index (χ3v) is 4.56. The molecule has 3 rings (SSSR count). The van der Waals surface area contributed by atoms with Gasteiger partial charge < -0.3 is 15.3 Å². The number of aliphatic hydroxyl groups is 1. The summed E-state index contributed by atoms with van der Waals surface area (Å²) in [5.74, 6) is 1.63. The van der Waals surface area contributed by atoms with Crippen molar-refractivity contribution in [3.63, 3.8) is 0 Å². The summed E-state index contributed by atoms with van der Waals surface area (Å²) in [5.41, 5.74) is 7.00. The first kappa shape index (κ1) is 23.3. The maximum atomic E-state index is 9.48. The van der Waals surface area contributed by atoms with Crippen LogP contribution >= 0.6 is 23.2 Å². The average Bonchev–Trinajstić information content (AvgIpc) is 3.19. The smallest absolute Gasteiger partial charge is 0.318 e. The van der Waals surface area contributed by atoms with Gasteiger partial charge in [0.05, 0.1) is 21.4 Å². The Balaban J connectivity index is 0.000000469. The average molecular weight is 451 g/mol. The summed E-state index contributed by atoms with van der Waals surface area (Å²) in [7, 11) is 0. The largest absolute Gasteiger partial charge is 0.461 e. The summed E-state index contributed by atoms with van der Waals surface area (Å²) in [5, 5.41) is 11.6. The van der Waals surface area contributed by atoms with Crippen LogP contribution in [0.4, 0.5) is 4.79 Å². The van der Waals surface area contributed by atoms with E-state index in [1.54, 1.807) is 29.8 Å².